The van der Waals surface area contributed by atoms with E-state index < -0.39 is 12.2 Å². The fraction of sp³-hybridized carbons (Fsp3) is 0.560. The Kier molecular flexibility index (Phi) is 8.35. The van der Waals surface area contributed by atoms with Crippen molar-refractivity contribution in [1.82, 2.24) is 10.4 Å². The lowest BCUT2D eigenvalue weighted by Crippen LogP contribution is -2.43. The maximum absolute atomic E-state index is 14.0. The van der Waals surface area contributed by atoms with Crippen LogP contribution in [-0.2, 0) is 11.2 Å². The molecular formula is C25H33F3N2O. The summed E-state index contributed by atoms with van der Waals surface area (Å²) in [5, 5.41) is 2.52. The first-order chi connectivity index (χ1) is 14.9. The molecule has 1 aliphatic rings. The molecule has 170 valence electrons. The smallest absolute Gasteiger partial charge is 0.288 e. The number of aryl methyl sites for hydroxylation is 1. The number of fused-ring (bicyclic) bond motifs is 1. The van der Waals surface area contributed by atoms with Gasteiger partial charge in [-0.05, 0) is 34.7 Å². The third-order valence-electron chi connectivity index (χ3n) is 6.11. The van der Waals surface area contributed by atoms with Crippen LogP contribution in [0, 0.1) is 0 Å². The molecule has 0 aliphatic carbocycles. The first-order valence-electron chi connectivity index (χ1n) is 11.5. The molecule has 31 heavy (non-hydrogen) atoms. The lowest BCUT2D eigenvalue weighted by atomic mass is 9.92. The summed E-state index contributed by atoms with van der Waals surface area (Å²) >= 11 is 0. The summed E-state index contributed by atoms with van der Waals surface area (Å²) in [6.45, 7) is 2.27. The molecule has 2 aromatic rings. The Balaban J connectivity index is 1.74. The van der Waals surface area contributed by atoms with Crippen LogP contribution < -0.4 is 5.43 Å². The number of hydrogen-bond acceptors (Lipinski definition) is 2. The van der Waals surface area contributed by atoms with Crippen LogP contribution in [0.15, 0.2) is 36.4 Å². The highest BCUT2D eigenvalue weighted by Gasteiger charge is 2.47. The summed E-state index contributed by atoms with van der Waals surface area (Å²) in [6.07, 6.45) is 6.28. The Labute approximate surface area is 183 Å². The highest BCUT2D eigenvalue weighted by molar-refractivity contribution is 5.89. The standard InChI is InChI=1S/C25H33F3N2O/c1-2-3-4-5-6-7-8-9-12-19-15-16-22(21-14-11-10-13-20(19)21)24(25(26,27)28)30-18-17-23(31)29-30/h10-11,13-16,24H,2-9,12,17-18H2,1H3,(H,29,31). The minimum absolute atomic E-state index is 0.0529. The second kappa shape index (κ2) is 11.0. The van der Waals surface area contributed by atoms with Crippen molar-refractivity contribution in [3.63, 3.8) is 0 Å². The maximum atomic E-state index is 14.0. The van der Waals surface area contributed by atoms with Crippen LogP contribution in [-0.4, -0.2) is 23.6 Å². The Hall–Kier alpha value is -2.08. The monoisotopic (exact) mass is 434 g/mol. The van der Waals surface area contributed by atoms with Crippen molar-refractivity contribution in [3.8, 4) is 0 Å². The zero-order valence-electron chi connectivity index (χ0n) is 18.3. The molecule has 0 saturated carbocycles. The normalized spacial score (nSPS) is 16.1. The van der Waals surface area contributed by atoms with Gasteiger partial charge in [0, 0.05) is 13.0 Å². The number of rotatable bonds is 11. The number of amides is 1. The van der Waals surface area contributed by atoms with Gasteiger partial charge in [-0.25, -0.2) is 5.01 Å². The van der Waals surface area contributed by atoms with Gasteiger partial charge in [-0.2, -0.15) is 13.2 Å². The minimum Gasteiger partial charge on any atom is -0.288 e. The van der Waals surface area contributed by atoms with Crippen molar-refractivity contribution in [2.75, 3.05) is 6.54 Å². The van der Waals surface area contributed by atoms with Crippen LogP contribution in [0.5, 0.6) is 0 Å². The second-order valence-corrected chi connectivity index (χ2v) is 8.51. The summed E-state index contributed by atoms with van der Waals surface area (Å²) < 4.78 is 42.1. The zero-order chi connectivity index (χ0) is 22.3. The van der Waals surface area contributed by atoms with Crippen LogP contribution in [0.4, 0.5) is 13.2 Å². The van der Waals surface area contributed by atoms with Crippen molar-refractivity contribution in [1.29, 1.82) is 0 Å². The van der Waals surface area contributed by atoms with E-state index >= 15 is 0 Å². The fourth-order valence-corrected chi connectivity index (χ4v) is 4.50. The van der Waals surface area contributed by atoms with E-state index in [0.29, 0.717) is 5.39 Å². The van der Waals surface area contributed by atoms with E-state index in [1.807, 2.05) is 18.2 Å². The molecule has 1 saturated heterocycles. The predicted octanol–water partition coefficient (Wildman–Crippen LogP) is 6.86. The first kappa shape index (κ1) is 23.6. The second-order valence-electron chi connectivity index (χ2n) is 8.51. The Bertz CT molecular complexity index is 865. The van der Waals surface area contributed by atoms with E-state index in [1.54, 1.807) is 18.2 Å². The number of alkyl halides is 3. The van der Waals surface area contributed by atoms with Crippen LogP contribution in [0.3, 0.4) is 0 Å². The Morgan fingerprint density at radius 3 is 2.19 bits per heavy atom. The van der Waals surface area contributed by atoms with Crippen LogP contribution >= 0.6 is 0 Å². The van der Waals surface area contributed by atoms with Crippen LogP contribution in [0.2, 0.25) is 0 Å². The number of nitrogens with one attached hydrogen (secondary N) is 1. The number of unbranched alkanes of at least 4 members (excludes halogenated alkanes) is 7. The molecule has 3 nitrogen and oxygen atoms in total. The lowest BCUT2D eigenvalue weighted by Gasteiger charge is -2.30. The maximum Gasteiger partial charge on any atom is 0.409 e. The summed E-state index contributed by atoms with van der Waals surface area (Å²) in [5.74, 6) is -0.370. The summed E-state index contributed by atoms with van der Waals surface area (Å²) in [6, 6.07) is 8.93. The molecule has 0 aromatic heterocycles. The largest absolute Gasteiger partial charge is 0.409 e. The number of nitrogens with zero attached hydrogens (tertiary/aromatic N) is 1. The highest BCUT2D eigenvalue weighted by Crippen LogP contribution is 2.41. The third-order valence-corrected chi connectivity index (χ3v) is 6.11. The molecule has 1 fully saturated rings. The molecule has 1 atom stereocenters. The summed E-state index contributed by atoms with van der Waals surface area (Å²) in [4.78, 5) is 11.6. The Morgan fingerprint density at radius 1 is 0.935 bits per heavy atom. The van der Waals surface area contributed by atoms with Gasteiger partial charge in [0.05, 0.1) is 0 Å². The van der Waals surface area contributed by atoms with E-state index in [4.69, 9.17) is 0 Å². The number of benzene rings is 2. The van der Waals surface area contributed by atoms with Crippen LogP contribution in [0.25, 0.3) is 10.8 Å². The van der Waals surface area contributed by atoms with E-state index in [-0.39, 0.29) is 24.4 Å². The molecular weight excluding hydrogens is 401 g/mol. The average Bonchev–Trinajstić information content (AvgIpc) is 3.15. The predicted molar refractivity (Wildman–Crippen MR) is 119 cm³/mol. The molecule has 0 bridgehead atoms. The zero-order valence-corrected chi connectivity index (χ0v) is 18.3. The molecule has 6 heteroatoms. The van der Waals surface area contributed by atoms with E-state index in [0.717, 1.165) is 35.2 Å². The van der Waals surface area contributed by atoms with Crippen molar-refractivity contribution in [2.45, 2.75) is 83.4 Å². The van der Waals surface area contributed by atoms with Gasteiger partial charge in [0.1, 0.15) is 0 Å². The van der Waals surface area contributed by atoms with Gasteiger partial charge < -0.3 is 0 Å². The highest BCUT2D eigenvalue weighted by atomic mass is 19.4. The molecule has 2 aromatic carbocycles. The van der Waals surface area contributed by atoms with Crippen molar-refractivity contribution < 1.29 is 18.0 Å². The summed E-state index contributed by atoms with van der Waals surface area (Å²) in [7, 11) is 0. The number of halogens is 3. The molecule has 1 amide bonds. The van der Waals surface area contributed by atoms with Gasteiger partial charge >= 0.3 is 6.18 Å². The molecule has 1 N–H and O–H groups in total. The van der Waals surface area contributed by atoms with Gasteiger partial charge in [0.25, 0.3) is 0 Å². The molecule has 0 spiro atoms. The third kappa shape index (κ3) is 6.22. The molecule has 1 aliphatic heterocycles. The van der Waals surface area contributed by atoms with Gasteiger partial charge in [-0.15, -0.1) is 0 Å². The van der Waals surface area contributed by atoms with Crippen LogP contribution in [0.1, 0.15) is 81.9 Å². The molecule has 0 radical (unpaired) electrons. The van der Waals surface area contributed by atoms with Gasteiger partial charge in [0.15, 0.2) is 6.04 Å². The summed E-state index contributed by atoms with van der Waals surface area (Å²) in [5.41, 5.74) is 3.67. The van der Waals surface area contributed by atoms with Crippen molar-refractivity contribution in [3.05, 3.63) is 47.5 Å². The number of carbonyl (C=O) groups is 1. The molecule has 1 heterocycles. The molecule has 3 rings (SSSR count). The fourth-order valence-electron chi connectivity index (χ4n) is 4.50. The number of carbonyl (C=O) groups excluding carboxylic acids is 1. The molecule has 1 unspecified atom stereocenters. The quantitative estimate of drug-likeness (QED) is 0.392. The lowest BCUT2D eigenvalue weighted by molar-refractivity contribution is -0.190. The average molecular weight is 435 g/mol. The van der Waals surface area contributed by atoms with Crippen molar-refractivity contribution in [2.24, 2.45) is 0 Å². The van der Waals surface area contributed by atoms with Gasteiger partial charge in [-0.3, -0.25) is 10.2 Å². The van der Waals surface area contributed by atoms with Gasteiger partial charge in [0.2, 0.25) is 5.91 Å². The van der Waals surface area contributed by atoms with E-state index in [2.05, 4.69) is 12.3 Å². The van der Waals surface area contributed by atoms with E-state index in [1.165, 1.54) is 38.5 Å². The van der Waals surface area contributed by atoms with Crippen molar-refractivity contribution >= 4 is 16.7 Å². The topological polar surface area (TPSA) is 32.3 Å². The SMILES string of the molecule is CCCCCCCCCCc1ccc(C(N2CCC(=O)N2)C(F)(F)F)c2ccccc12. The first-order valence-corrected chi connectivity index (χ1v) is 11.5. The van der Waals surface area contributed by atoms with Gasteiger partial charge in [-0.1, -0.05) is 88.3 Å². The number of hydrogen-bond donors (Lipinski definition) is 1. The Morgan fingerprint density at radius 2 is 1.58 bits per heavy atom. The number of hydrazine groups is 1. The minimum atomic E-state index is -4.49. The van der Waals surface area contributed by atoms with E-state index in [9.17, 15) is 18.0 Å².